The third kappa shape index (κ3) is 1.71. The molecule has 1 aromatic rings. The quantitative estimate of drug-likeness (QED) is 0.533. The van der Waals surface area contributed by atoms with E-state index < -0.39 is 11.8 Å². The Morgan fingerprint density at radius 3 is 2.46 bits per heavy atom. The zero-order valence-electron chi connectivity index (χ0n) is 6.52. The van der Waals surface area contributed by atoms with Crippen molar-refractivity contribution in [3.8, 4) is 6.07 Å². The van der Waals surface area contributed by atoms with Gasteiger partial charge >= 0.3 is 5.97 Å². The molecule has 1 rings (SSSR count). The Balaban J connectivity index is 3.23. The van der Waals surface area contributed by atoms with Gasteiger partial charge in [0.05, 0.1) is 11.6 Å². The van der Waals surface area contributed by atoms with Crippen LogP contribution in [0.15, 0.2) is 24.3 Å². The lowest BCUT2D eigenvalue weighted by Crippen LogP contribution is -2.13. The van der Waals surface area contributed by atoms with E-state index in [-0.39, 0.29) is 11.1 Å². The number of nitriles is 1. The lowest BCUT2D eigenvalue weighted by atomic mass is 10.1. The summed E-state index contributed by atoms with van der Waals surface area (Å²) in [6.45, 7) is 0. The van der Waals surface area contributed by atoms with Crippen LogP contribution < -0.4 is 0 Å². The summed E-state index contributed by atoms with van der Waals surface area (Å²) in [6.07, 6.45) is 0. The highest BCUT2D eigenvalue weighted by Gasteiger charge is 2.17. The lowest BCUT2D eigenvalue weighted by Gasteiger charge is -1.96. The maximum atomic E-state index is 11.0. The van der Waals surface area contributed by atoms with E-state index in [2.05, 4.69) is 0 Å². The molecule has 0 saturated carbocycles. The first-order valence-electron chi connectivity index (χ1n) is 3.43. The molecule has 0 amide bonds. The van der Waals surface area contributed by atoms with Gasteiger partial charge in [-0.1, -0.05) is 12.1 Å². The standard InChI is InChI=1S/C9H5NO3/c10-5-6-3-1-2-4-7(6)8(11)9(12)13/h1-4H,(H,12,13). The van der Waals surface area contributed by atoms with Crippen LogP contribution in [0.5, 0.6) is 0 Å². The molecule has 0 unspecified atom stereocenters. The van der Waals surface area contributed by atoms with Crippen LogP contribution in [0, 0.1) is 11.3 Å². The van der Waals surface area contributed by atoms with Crippen molar-refractivity contribution in [3.05, 3.63) is 35.4 Å². The van der Waals surface area contributed by atoms with E-state index in [0.29, 0.717) is 0 Å². The van der Waals surface area contributed by atoms with Gasteiger partial charge in [-0.2, -0.15) is 5.26 Å². The highest BCUT2D eigenvalue weighted by molar-refractivity contribution is 6.40. The van der Waals surface area contributed by atoms with Crippen molar-refractivity contribution in [1.82, 2.24) is 0 Å². The van der Waals surface area contributed by atoms with E-state index >= 15 is 0 Å². The molecular formula is C9H5NO3. The lowest BCUT2D eigenvalue weighted by molar-refractivity contribution is -0.131. The van der Waals surface area contributed by atoms with Crippen molar-refractivity contribution >= 4 is 11.8 Å². The molecule has 0 aliphatic heterocycles. The monoisotopic (exact) mass is 175 g/mol. The number of benzene rings is 1. The van der Waals surface area contributed by atoms with Gasteiger partial charge in [0, 0.05) is 5.56 Å². The van der Waals surface area contributed by atoms with E-state index in [0.717, 1.165) is 0 Å². The number of Topliss-reactive ketones (excluding diaryl/α,β-unsaturated/α-hetero) is 1. The molecule has 0 spiro atoms. The summed E-state index contributed by atoms with van der Waals surface area (Å²) in [4.78, 5) is 21.3. The van der Waals surface area contributed by atoms with Gasteiger partial charge in [0.1, 0.15) is 0 Å². The normalized spacial score (nSPS) is 8.85. The van der Waals surface area contributed by atoms with Gasteiger partial charge in [-0.25, -0.2) is 4.79 Å². The SMILES string of the molecule is N#Cc1ccccc1C(=O)C(=O)O. The van der Waals surface area contributed by atoms with Crippen molar-refractivity contribution < 1.29 is 14.7 Å². The molecule has 0 aliphatic rings. The summed E-state index contributed by atoms with van der Waals surface area (Å²) < 4.78 is 0. The van der Waals surface area contributed by atoms with Gasteiger partial charge < -0.3 is 5.11 Å². The molecule has 64 valence electrons. The van der Waals surface area contributed by atoms with Gasteiger partial charge in [0.2, 0.25) is 0 Å². The number of carbonyl (C=O) groups excluding carboxylic acids is 1. The second kappa shape index (κ2) is 3.50. The van der Waals surface area contributed by atoms with Gasteiger partial charge in [-0.15, -0.1) is 0 Å². The average Bonchev–Trinajstić information content (AvgIpc) is 2.16. The molecule has 0 atom stereocenters. The minimum atomic E-state index is -1.55. The Labute approximate surface area is 74.0 Å². The maximum absolute atomic E-state index is 11.0. The molecule has 0 aromatic heterocycles. The van der Waals surface area contributed by atoms with Gasteiger partial charge in [0.15, 0.2) is 0 Å². The number of hydrogen-bond acceptors (Lipinski definition) is 3. The van der Waals surface area contributed by atoms with Crippen molar-refractivity contribution in [2.75, 3.05) is 0 Å². The molecule has 0 fully saturated rings. The number of carbonyl (C=O) groups is 2. The van der Waals surface area contributed by atoms with Gasteiger partial charge in [-0.3, -0.25) is 4.79 Å². The minimum absolute atomic E-state index is 0.0718. The van der Waals surface area contributed by atoms with Crippen LogP contribution in [0.25, 0.3) is 0 Å². The zero-order valence-corrected chi connectivity index (χ0v) is 6.52. The number of rotatable bonds is 2. The predicted octanol–water partition coefficient (Wildman–Crippen LogP) is 0.826. The average molecular weight is 175 g/mol. The fourth-order valence-corrected chi connectivity index (χ4v) is 0.894. The minimum Gasteiger partial charge on any atom is -0.475 e. The molecule has 4 nitrogen and oxygen atoms in total. The third-order valence-electron chi connectivity index (χ3n) is 1.49. The molecule has 0 aliphatic carbocycles. The fraction of sp³-hybridized carbons (Fsp3) is 0. The Bertz CT molecular complexity index is 404. The van der Waals surface area contributed by atoms with Crippen molar-refractivity contribution in [1.29, 1.82) is 5.26 Å². The summed E-state index contributed by atoms with van der Waals surface area (Å²) >= 11 is 0. The second-order valence-corrected chi connectivity index (χ2v) is 2.29. The summed E-state index contributed by atoms with van der Waals surface area (Å²) in [7, 11) is 0. The molecule has 13 heavy (non-hydrogen) atoms. The summed E-state index contributed by atoms with van der Waals surface area (Å²) in [5.74, 6) is -2.61. The van der Waals surface area contributed by atoms with E-state index in [9.17, 15) is 9.59 Å². The zero-order chi connectivity index (χ0) is 9.84. The van der Waals surface area contributed by atoms with E-state index in [1.165, 1.54) is 18.2 Å². The number of carboxylic acids is 1. The van der Waals surface area contributed by atoms with E-state index in [1.807, 2.05) is 0 Å². The predicted molar refractivity (Wildman–Crippen MR) is 43.1 cm³/mol. The molecule has 0 radical (unpaired) electrons. The molecule has 4 heteroatoms. The van der Waals surface area contributed by atoms with Crippen molar-refractivity contribution in [3.63, 3.8) is 0 Å². The van der Waals surface area contributed by atoms with Crippen LogP contribution in [-0.2, 0) is 4.79 Å². The Morgan fingerprint density at radius 1 is 1.31 bits per heavy atom. The fourth-order valence-electron chi connectivity index (χ4n) is 0.894. The van der Waals surface area contributed by atoms with Crippen LogP contribution in [0.3, 0.4) is 0 Å². The number of nitrogens with zero attached hydrogens (tertiary/aromatic N) is 1. The molecule has 1 N–H and O–H groups in total. The number of aliphatic carboxylic acids is 1. The number of carboxylic acid groups (broad SMARTS) is 1. The van der Waals surface area contributed by atoms with Crippen LogP contribution in [0.4, 0.5) is 0 Å². The molecule has 1 aromatic carbocycles. The Kier molecular flexibility index (Phi) is 2.41. The van der Waals surface area contributed by atoms with Crippen LogP contribution >= 0.6 is 0 Å². The van der Waals surface area contributed by atoms with E-state index in [1.54, 1.807) is 12.1 Å². The Morgan fingerprint density at radius 2 is 1.92 bits per heavy atom. The molecular weight excluding hydrogens is 170 g/mol. The molecule has 0 heterocycles. The highest BCUT2D eigenvalue weighted by Crippen LogP contribution is 2.07. The van der Waals surface area contributed by atoms with Gasteiger partial charge in [0.25, 0.3) is 5.78 Å². The Hall–Kier alpha value is -2.15. The topological polar surface area (TPSA) is 78.2 Å². The highest BCUT2D eigenvalue weighted by atomic mass is 16.4. The summed E-state index contributed by atoms with van der Waals surface area (Å²) in [5.41, 5.74) is 0.00685. The summed E-state index contributed by atoms with van der Waals surface area (Å²) in [5, 5.41) is 17.0. The van der Waals surface area contributed by atoms with Crippen molar-refractivity contribution in [2.45, 2.75) is 0 Å². The largest absolute Gasteiger partial charge is 0.475 e. The molecule has 0 bridgehead atoms. The van der Waals surface area contributed by atoms with Crippen LogP contribution in [0.1, 0.15) is 15.9 Å². The third-order valence-corrected chi connectivity index (χ3v) is 1.49. The maximum Gasteiger partial charge on any atom is 0.377 e. The first-order valence-corrected chi connectivity index (χ1v) is 3.43. The second-order valence-electron chi connectivity index (χ2n) is 2.29. The van der Waals surface area contributed by atoms with Crippen LogP contribution in [0.2, 0.25) is 0 Å². The van der Waals surface area contributed by atoms with Crippen LogP contribution in [-0.4, -0.2) is 16.9 Å². The number of hydrogen-bond donors (Lipinski definition) is 1. The van der Waals surface area contributed by atoms with Gasteiger partial charge in [-0.05, 0) is 12.1 Å². The molecule has 0 saturated heterocycles. The van der Waals surface area contributed by atoms with E-state index in [4.69, 9.17) is 10.4 Å². The first-order chi connectivity index (χ1) is 6.16. The first kappa shape index (κ1) is 8.94. The number of ketones is 1. The summed E-state index contributed by atoms with van der Waals surface area (Å²) in [6, 6.07) is 7.54. The smallest absolute Gasteiger partial charge is 0.377 e. The van der Waals surface area contributed by atoms with Crippen molar-refractivity contribution in [2.24, 2.45) is 0 Å².